The fourth-order valence-corrected chi connectivity index (χ4v) is 1.66. The van der Waals surface area contributed by atoms with Gasteiger partial charge in [-0.2, -0.15) is 5.48 Å². The number of carbonyl (C=O) groups is 1. The first-order chi connectivity index (χ1) is 7.19. The maximum Gasteiger partial charge on any atom is 0.244 e. The molecular formula is C10H13BrN2O2. The standard InChI is InChI=1S/C10H13BrN2O2/c1-2-12-10(14)9(13-15)7-4-3-5-8(11)6-7/h3-6,9,13,15H,2H2,1H3,(H,12,14). The summed E-state index contributed by atoms with van der Waals surface area (Å²) in [6.07, 6.45) is 0. The van der Waals surface area contributed by atoms with E-state index in [0.29, 0.717) is 12.1 Å². The third-order valence-corrected chi connectivity index (χ3v) is 2.42. The van der Waals surface area contributed by atoms with E-state index < -0.39 is 6.04 Å². The van der Waals surface area contributed by atoms with Crippen molar-refractivity contribution in [1.29, 1.82) is 0 Å². The summed E-state index contributed by atoms with van der Waals surface area (Å²) in [5, 5.41) is 11.6. The van der Waals surface area contributed by atoms with Crippen LogP contribution in [-0.4, -0.2) is 17.7 Å². The molecular weight excluding hydrogens is 260 g/mol. The smallest absolute Gasteiger partial charge is 0.244 e. The molecule has 4 nitrogen and oxygen atoms in total. The average molecular weight is 273 g/mol. The van der Waals surface area contributed by atoms with Crippen molar-refractivity contribution in [2.75, 3.05) is 6.54 Å². The summed E-state index contributed by atoms with van der Waals surface area (Å²) in [4.78, 5) is 11.5. The molecule has 0 aliphatic rings. The topological polar surface area (TPSA) is 61.4 Å². The van der Waals surface area contributed by atoms with E-state index in [1.54, 1.807) is 12.1 Å². The van der Waals surface area contributed by atoms with Crippen molar-refractivity contribution >= 4 is 21.8 Å². The summed E-state index contributed by atoms with van der Waals surface area (Å²) >= 11 is 3.31. The van der Waals surface area contributed by atoms with Crippen molar-refractivity contribution in [2.24, 2.45) is 0 Å². The van der Waals surface area contributed by atoms with Gasteiger partial charge in [0.25, 0.3) is 0 Å². The molecule has 0 aromatic heterocycles. The van der Waals surface area contributed by atoms with Gasteiger partial charge in [0.15, 0.2) is 0 Å². The number of rotatable bonds is 4. The Balaban J connectivity index is 2.87. The van der Waals surface area contributed by atoms with Crippen molar-refractivity contribution in [2.45, 2.75) is 13.0 Å². The zero-order chi connectivity index (χ0) is 11.3. The number of likely N-dealkylation sites (N-methyl/N-ethyl adjacent to an activating group) is 1. The van der Waals surface area contributed by atoms with Crippen LogP contribution in [0.1, 0.15) is 18.5 Å². The lowest BCUT2D eigenvalue weighted by Crippen LogP contribution is -2.36. The van der Waals surface area contributed by atoms with Gasteiger partial charge in [0.2, 0.25) is 5.91 Å². The van der Waals surface area contributed by atoms with Gasteiger partial charge in [-0.05, 0) is 24.6 Å². The second kappa shape index (κ2) is 5.85. The lowest BCUT2D eigenvalue weighted by atomic mass is 10.1. The van der Waals surface area contributed by atoms with E-state index in [0.717, 1.165) is 4.47 Å². The minimum Gasteiger partial charge on any atom is -0.355 e. The summed E-state index contributed by atoms with van der Waals surface area (Å²) in [5.74, 6) is -0.252. The van der Waals surface area contributed by atoms with Gasteiger partial charge >= 0.3 is 0 Å². The van der Waals surface area contributed by atoms with Gasteiger partial charge in [-0.25, -0.2) is 0 Å². The molecule has 0 aliphatic heterocycles. The monoisotopic (exact) mass is 272 g/mol. The Hall–Kier alpha value is -0.910. The fraction of sp³-hybridized carbons (Fsp3) is 0.300. The van der Waals surface area contributed by atoms with Crippen LogP contribution in [0.2, 0.25) is 0 Å². The molecule has 1 unspecified atom stereocenters. The molecule has 1 rings (SSSR count). The van der Waals surface area contributed by atoms with Crippen LogP contribution in [0.3, 0.4) is 0 Å². The molecule has 1 atom stereocenters. The second-order valence-electron chi connectivity index (χ2n) is 3.01. The molecule has 0 bridgehead atoms. The van der Waals surface area contributed by atoms with Crippen LogP contribution in [0.4, 0.5) is 0 Å². The SMILES string of the molecule is CCNC(=O)C(NO)c1cccc(Br)c1. The first-order valence-corrected chi connectivity index (χ1v) is 5.41. The molecule has 0 spiro atoms. The molecule has 0 radical (unpaired) electrons. The number of hydroxylamine groups is 1. The van der Waals surface area contributed by atoms with Crippen LogP contribution in [0.5, 0.6) is 0 Å². The highest BCUT2D eigenvalue weighted by atomic mass is 79.9. The highest BCUT2D eigenvalue weighted by Crippen LogP contribution is 2.17. The molecule has 0 heterocycles. The molecule has 3 N–H and O–H groups in total. The number of hydrogen-bond donors (Lipinski definition) is 3. The number of benzene rings is 1. The van der Waals surface area contributed by atoms with E-state index in [9.17, 15) is 4.79 Å². The number of halogens is 1. The van der Waals surface area contributed by atoms with Crippen molar-refractivity contribution < 1.29 is 10.0 Å². The average Bonchev–Trinajstić information content (AvgIpc) is 2.19. The van der Waals surface area contributed by atoms with Gasteiger partial charge in [-0.1, -0.05) is 28.1 Å². The summed E-state index contributed by atoms with van der Waals surface area (Å²) in [6, 6.07) is 6.48. The highest BCUT2D eigenvalue weighted by molar-refractivity contribution is 9.10. The van der Waals surface area contributed by atoms with Gasteiger partial charge in [0.1, 0.15) is 6.04 Å². The van der Waals surface area contributed by atoms with E-state index in [-0.39, 0.29) is 5.91 Å². The van der Waals surface area contributed by atoms with Gasteiger partial charge in [0, 0.05) is 11.0 Å². The van der Waals surface area contributed by atoms with Gasteiger partial charge in [-0.3, -0.25) is 4.79 Å². The predicted octanol–water partition coefficient (Wildman–Crippen LogP) is 1.61. The van der Waals surface area contributed by atoms with E-state index >= 15 is 0 Å². The molecule has 82 valence electrons. The first-order valence-electron chi connectivity index (χ1n) is 4.61. The summed E-state index contributed by atoms with van der Waals surface area (Å²) in [7, 11) is 0. The zero-order valence-electron chi connectivity index (χ0n) is 8.33. The molecule has 1 aromatic carbocycles. The van der Waals surface area contributed by atoms with Gasteiger partial charge in [0.05, 0.1) is 0 Å². The van der Waals surface area contributed by atoms with Crippen molar-refractivity contribution in [3.05, 3.63) is 34.3 Å². The number of nitrogens with one attached hydrogen (secondary N) is 2. The quantitative estimate of drug-likeness (QED) is 0.730. The molecule has 15 heavy (non-hydrogen) atoms. The summed E-state index contributed by atoms with van der Waals surface area (Å²) < 4.78 is 0.865. The minimum absolute atomic E-state index is 0.252. The largest absolute Gasteiger partial charge is 0.355 e. The van der Waals surface area contributed by atoms with Crippen LogP contribution in [-0.2, 0) is 4.79 Å². The Kier molecular flexibility index (Phi) is 4.74. The molecule has 0 saturated heterocycles. The molecule has 5 heteroatoms. The third kappa shape index (κ3) is 3.30. The maximum atomic E-state index is 11.5. The van der Waals surface area contributed by atoms with Gasteiger partial charge < -0.3 is 10.5 Å². The van der Waals surface area contributed by atoms with Crippen molar-refractivity contribution in [3.8, 4) is 0 Å². The van der Waals surface area contributed by atoms with E-state index in [1.165, 1.54) is 0 Å². The van der Waals surface area contributed by atoms with Crippen LogP contribution < -0.4 is 10.8 Å². The molecule has 0 aliphatic carbocycles. The molecule has 1 aromatic rings. The molecule has 1 amide bonds. The molecule has 0 saturated carbocycles. The Bertz CT molecular complexity index is 344. The minimum atomic E-state index is -0.734. The lowest BCUT2D eigenvalue weighted by Gasteiger charge is -2.14. The number of carbonyl (C=O) groups excluding carboxylic acids is 1. The fourth-order valence-electron chi connectivity index (χ4n) is 1.25. The molecule has 0 fully saturated rings. The van der Waals surface area contributed by atoms with Crippen LogP contribution >= 0.6 is 15.9 Å². The van der Waals surface area contributed by atoms with Crippen molar-refractivity contribution in [1.82, 2.24) is 10.8 Å². The van der Waals surface area contributed by atoms with E-state index in [4.69, 9.17) is 5.21 Å². The Labute approximate surface area is 96.8 Å². The zero-order valence-corrected chi connectivity index (χ0v) is 9.91. The van der Waals surface area contributed by atoms with Gasteiger partial charge in [-0.15, -0.1) is 0 Å². The summed E-state index contributed by atoms with van der Waals surface area (Å²) in [6.45, 7) is 2.36. The normalized spacial score (nSPS) is 12.2. The first kappa shape index (κ1) is 12.2. The third-order valence-electron chi connectivity index (χ3n) is 1.92. The summed E-state index contributed by atoms with van der Waals surface area (Å²) in [5.41, 5.74) is 2.70. The van der Waals surface area contributed by atoms with Crippen LogP contribution in [0.25, 0.3) is 0 Å². The van der Waals surface area contributed by atoms with Crippen LogP contribution in [0, 0.1) is 0 Å². The number of amides is 1. The Morgan fingerprint density at radius 2 is 2.33 bits per heavy atom. The van der Waals surface area contributed by atoms with E-state index in [2.05, 4.69) is 21.2 Å². The number of hydrogen-bond acceptors (Lipinski definition) is 3. The van der Waals surface area contributed by atoms with Crippen LogP contribution in [0.15, 0.2) is 28.7 Å². The lowest BCUT2D eigenvalue weighted by molar-refractivity contribution is -0.125. The predicted molar refractivity (Wildman–Crippen MR) is 60.5 cm³/mol. The Morgan fingerprint density at radius 3 is 2.87 bits per heavy atom. The van der Waals surface area contributed by atoms with Crippen molar-refractivity contribution in [3.63, 3.8) is 0 Å². The second-order valence-corrected chi connectivity index (χ2v) is 3.93. The maximum absolute atomic E-state index is 11.5. The van der Waals surface area contributed by atoms with E-state index in [1.807, 2.05) is 24.5 Å². The Morgan fingerprint density at radius 1 is 1.60 bits per heavy atom. The highest BCUT2D eigenvalue weighted by Gasteiger charge is 2.18.